The molecule has 1 N–H and O–H groups in total. The zero-order chi connectivity index (χ0) is 12.5. The first-order valence-electron chi connectivity index (χ1n) is 6.62. The van der Waals surface area contributed by atoms with E-state index in [9.17, 15) is 0 Å². The van der Waals surface area contributed by atoms with Gasteiger partial charge in [0.1, 0.15) is 5.65 Å². The molecule has 0 saturated carbocycles. The molecule has 3 heterocycles. The Morgan fingerprint density at radius 3 is 2.78 bits per heavy atom. The summed E-state index contributed by atoms with van der Waals surface area (Å²) in [5.41, 5.74) is 2.19. The number of nitrogens with one attached hydrogen (secondary N) is 1. The number of hydrogen-bond donors (Lipinski definition) is 1. The summed E-state index contributed by atoms with van der Waals surface area (Å²) in [5, 5.41) is 3.55. The summed E-state index contributed by atoms with van der Waals surface area (Å²) in [5.74, 6) is 0. The van der Waals surface area contributed by atoms with E-state index in [1.807, 2.05) is 18.2 Å². The summed E-state index contributed by atoms with van der Waals surface area (Å²) in [6.07, 6.45) is 4.18. The van der Waals surface area contributed by atoms with Crippen LogP contribution in [0.1, 0.15) is 19.5 Å². The molecule has 96 valence electrons. The number of imidazole rings is 1. The number of nitrogens with zero attached hydrogens (tertiary/aromatic N) is 3. The molecule has 1 fully saturated rings. The smallest absolute Gasteiger partial charge is 0.137 e. The van der Waals surface area contributed by atoms with Crippen molar-refractivity contribution in [3.63, 3.8) is 0 Å². The molecule has 0 aromatic carbocycles. The van der Waals surface area contributed by atoms with Crippen LogP contribution in [0.25, 0.3) is 5.65 Å². The Balaban J connectivity index is 1.75. The molecule has 0 radical (unpaired) electrons. The molecule has 1 aliphatic heterocycles. The van der Waals surface area contributed by atoms with Crippen molar-refractivity contribution in [1.82, 2.24) is 19.6 Å². The molecule has 2 unspecified atom stereocenters. The van der Waals surface area contributed by atoms with Crippen LogP contribution in [0, 0.1) is 0 Å². The van der Waals surface area contributed by atoms with Crippen LogP contribution in [0.2, 0.25) is 0 Å². The Labute approximate surface area is 108 Å². The van der Waals surface area contributed by atoms with E-state index < -0.39 is 0 Å². The van der Waals surface area contributed by atoms with Gasteiger partial charge in [0, 0.05) is 44.1 Å². The van der Waals surface area contributed by atoms with Crippen molar-refractivity contribution in [2.45, 2.75) is 32.5 Å². The third-order valence-corrected chi connectivity index (χ3v) is 3.43. The topological polar surface area (TPSA) is 32.6 Å². The quantitative estimate of drug-likeness (QED) is 0.869. The summed E-state index contributed by atoms with van der Waals surface area (Å²) < 4.78 is 2.09. The second kappa shape index (κ2) is 4.71. The zero-order valence-corrected chi connectivity index (χ0v) is 11.0. The van der Waals surface area contributed by atoms with Gasteiger partial charge in [0.25, 0.3) is 0 Å². The van der Waals surface area contributed by atoms with Gasteiger partial charge in [0.05, 0.1) is 5.69 Å². The first-order chi connectivity index (χ1) is 8.70. The molecule has 0 spiro atoms. The van der Waals surface area contributed by atoms with Crippen LogP contribution in [-0.4, -0.2) is 39.5 Å². The molecular weight excluding hydrogens is 224 g/mol. The Kier molecular flexibility index (Phi) is 3.06. The number of rotatable bonds is 2. The lowest BCUT2D eigenvalue weighted by atomic mass is 10.1. The third kappa shape index (κ3) is 2.40. The van der Waals surface area contributed by atoms with Gasteiger partial charge in [-0.25, -0.2) is 4.98 Å². The van der Waals surface area contributed by atoms with Gasteiger partial charge in [-0.05, 0) is 26.0 Å². The minimum Gasteiger partial charge on any atom is -0.309 e. The minimum absolute atomic E-state index is 0.561. The van der Waals surface area contributed by atoms with Crippen molar-refractivity contribution < 1.29 is 0 Å². The Hall–Kier alpha value is -1.39. The summed E-state index contributed by atoms with van der Waals surface area (Å²) in [6, 6.07) is 7.23. The first kappa shape index (κ1) is 11.7. The van der Waals surface area contributed by atoms with Gasteiger partial charge >= 0.3 is 0 Å². The number of pyridine rings is 1. The standard InChI is InChI=1S/C14H20N4/c1-11-7-17(8-12(2)15-11)9-13-10-18-6-4-3-5-14(18)16-13/h3-6,10-12,15H,7-9H2,1-2H3. The predicted molar refractivity (Wildman–Crippen MR) is 72.5 cm³/mol. The van der Waals surface area contributed by atoms with Crippen LogP contribution in [0.3, 0.4) is 0 Å². The summed E-state index contributed by atoms with van der Waals surface area (Å²) in [4.78, 5) is 7.14. The lowest BCUT2D eigenvalue weighted by Crippen LogP contribution is -2.53. The fraction of sp³-hybridized carbons (Fsp3) is 0.500. The van der Waals surface area contributed by atoms with Crippen LogP contribution < -0.4 is 5.32 Å². The van der Waals surface area contributed by atoms with Crippen molar-refractivity contribution in [1.29, 1.82) is 0 Å². The number of hydrogen-bond acceptors (Lipinski definition) is 3. The average Bonchev–Trinajstić information content (AvgIpc) is 2.69. The lowest BCUT2D eigenvalue weighted by molar-refractivity contribution is 0.165. The molecule has 4 heteroatoms. The largest absolute Gasteiger partial charge is 0.309 e. The van der Waals surface area contributed by atoms with Gasteiger partial charge in [-0.15, -0.1) is 0 Å². The Morgan fingerprint density at radius 1 is 1.28 bits per heavy atom. The molecule has 18 heavy (non-hydrogen) atoms. The fourth-order valence-corrected chi connectivity index (χ4v) is 2.86. The van der Waals surface area contributed by atoms with E-state index in [1.54, 1.807) is 0 Å². The Bertz CT molecular complexity index is 490. The van der Waals surface area contributed by atoms with Gasteiger partial charge in [-0.1, -0.05) is 6.07 Å². The second-order valence-electron chi connectivity index (χ2n) is 5.36. The Morgan fingerprint density at radius 2 is 2.06 bits per heavy atom. The predicted octanol–water partition coefficient (Wildman–Crippen LogP) is 1.52. The van der Waals surface area contributed by atoms with E-state index >= 15 is 0 Å². The van der Waals surface area contributed by atoms with Crippen molar-refractivity contribution in [3.05, 3.63) is 36.3 Å². The summed E-state index contributed by atoms with van der Waals surface area (Å²) in [7, 11) is 0. The van der Waals surface area contributed by atoms with Crippen LogP contribution in [-0.2, 0) is 6.54 Å². The SMILES string of the molecule is CC1CN(Cc2cn3ccccc3n2)CC(C)N1. The summed E-state index contributed by atoms with van der Waals surface area (Å²) >= 11 is 0. The molecule has 3 rings (SSSR count). The van der Waals surface area contributed by atoms with E-state index in [-0.39, 0.29) is 0 Å². The van der Waals surface area contributed by atoms with Gasteiger partial charge < -0.3 is 9.72 Å². The molecule has 0 bridgehead atoms. The highest BCUT2D eigenvalue weighted by Crippen LogP contribution is 2.11. The van der Waals surface area contributed by atoms with E-state index in [4.69, 9.17) is 0 Å². The molecule has 1 saturated heterocycles. The lowest BCUT2D eigenvalue weighted by Gasteiger charge is -2.35. The molecule has 2 aromatic rings. The molecule has 2 aromatic heterocycles. The van der Waals surface area contributed by atoms with E-state index in [1.165, 1.54) is 0 Å². The number of piperazine rings is 1. The minimum atomic E-state index is 0.561. The average molecular weight is 244 g/mol. The first-order valence-corrected chi connectivity index (χ1v) is 6.62. The highest BCUT2D eigenvalue weighted by molar-refractivity contribution is 5.39. The maximum absolute atomic E-state index is 4.66. The molecular formula is C14H20N4. The number of fused-ring (bicyclic) bond motifs is 1. The van der Waals surface area contributed by atoms with E-state index in [0.717, 1.165) is 31.0 Å². The van der Waals surface area contributed by atoms with Crippen LogP contribution in [0.15, 0.2) is 30.6 Å². The fourth-order valence-electron chi connectivity index (χ4n) is 2.86. The highest BCUT2D eigenvalue weighted by atomic mass is 15.2. The van der Waals surface area contributed by atoms with Crippen LogP contribution >= 0.6 is 0 Å². The van der Waals surface area contributed by atoms with Crippen LogP contribution in [0.5, 0.6) is 0 Å². The molecule has 4 nitrogen and oxygen atoms in total. The maximum Gasteiger partial charge on any atom is 0.137 e. The third-order valence-electron chi connectivity index (χ3n) is 3.43. The van der Waals surface area contributed by atoms with Crippen molar-refractivity contribution in [2.75, 3.05) is 13.1 Å². The van der Waals surface area contributed by atoms with Crippen LogP contribution in [0.4, 0.5) is 0 Å². The maximum atomic E-state index is 4.66. The number of aromatic nitrogens is 2. The van der Waals surface area contributed by atoms with E-state index in [2.05, 4.69) is 45.8 Å². The second-order valence-corrected chi connectivity index (χ2v) is 5.36. The molecule has 0 aliphatic carbocycles. The molecule has 1 aliphatic rings. The van der Waals surface area contributed by atoms with Crippen molar-refractivity contribution >= 4 is 5.65 Å². The van der Waals surface area contributed by atoms with Crippen molar-refractivity contribution in [2.24, 2.45) is 0 Å². The van der Waals surface area contributed by atoms with Gasteiger partial charge in [-0.3, -0.25) is 4.90 Å². The van der Waals surface area contributed by atoms with E-state index in [0.29, 0.717) is 12.1 Å². The van der Waals surface area contributed by atoms with Crippen molar-refractivity contribution in [3.8, 4) is 0 Å². The van der Waals surface area contributed by atoms with Gasteiger partial charge in [0.2, 0.25) is 0 Å². The molecule has 0 amide bonds. The molecule has 2 atom stereocenters. The monoisotopic (exact) mass is 244 g/mol. The zero-order valence-electron chi connectivity index (χ0n) is 11.0. The highest BCUT2D eigenvalue weighted by Gasteiger charge is 2.21. The summed E-state index contributed by atoms with van der Waals surface area (Å²) in [6.45, 7) is 7.62. The normalized spacial score (nSPS) is 25.7. The van der Waals surface area contributed by atoms with Gasteiger partial charge in [-0.2, -0.15) is 0 Å². The van der Waals surface area contributed by atoms with Gasteiger partial charge in [0.15, 0.2) is 0 Å².